The highest BCUT2D eigenvalue weighted by Gasteiger charge is 2.09. The van der Waals surface area contributed by atoms with E-state index in [1.54, 1.807) is 36.4 Å². The van der Waals surface area contributed by atoms with Gasteiger partial charge in [-0.15, -0.1) is 10.2 Å². The van der Waals surface area contributed by atoms with Gasteiger partial charge in [-0.25, -0.2) is 4.39 Å². The minimum atomic E-state index is -0.273. The molecule has 3 rings (SSSR count). The smallest absolute Gasteiger partial charge is 0.257 e. The number of carbonyl (C=O) groups is 1. The number of aromatic nitrogens is 2. The Morgan fingerprint density at radius 3 is 2.36 bits per heavy atom. The average molecular weight is 336 g/mol. The van der Waals surface area contributed by atoms with E-state index in [2.05, 4.69) is 20.8 Å². The molecule has 2 aromatic carbocycles. The Labute approximate surface area is 144 Å². The summed E-state index contributed by atoms with van der Waals surface area (Å²) in [7, 11) is 0. The molecule has 0 unspecified atom stereocenters. The molecule has 0 saturated carbocycles. The summed E-state index contributed by atoms with van der Waals surface area (Å²) in [6.07, 6.45) is 0. The maximum Gasteiger partial charge on any atom is 0.257 e. The first kappa shape index (κ1) is 16.6. The molecule has 25 heavy (non-hydrogen) atoms. The first-order valence-corrected chi connectivity index (χ1v) is 7.81. The quantitative estimate of drug-likeness (QED) is 0.744. The van der Waals surface area contributed by atoms with E-state index in [1.165, 1.54) is 6.07 Å². The normalized spacial score (nSPS) is 10.3. The van der Waals surface area contributed by atoms with Crippen molar-refractivity contribution in [2.75, 3.05) is 10.6 Å². The third-order valence-corrected chi connectivity index (χ3v) is 3.71. The Morgan fingerprint density at radius 1 is 0.960 bits per heavy atom. The van der Waals surface area contributed by atoms with Crippen LogP contribution >= 0.6 is 0 Å². The van der Waals surface area contributed by atoms with E-state index in [1.807, 2.05) is 25.1 Å². The van der Waals surface area contributed by atoms with Gasteiger partial charge in [-0.3, -0.25) is 4.79 Å². The zero-order valence-electron chi connectivity index (χ0n) is 13.7. The van der Waals surface area contributed by atoms with Crippen LogP contribution in [-0.2, 0) is 6.54 Å². The number of hydrogen-bond acceptors (Lipinski definition) is 4. The van der Waals surface area contributed by atoms with Crippen LogP contribution in [0, 0.1) is 12.7 Å². The number of hydrogen-bond donors (Lipinski definition) is 2. The summed E-state index contributed by atoms with van der Waals surface area (Å²) < 4.78 is 13.6. The van der Waals surface area contributed by atoms with Crippen molar-refractivity contribution in [2.24, 2.45) is 0 Å². The van der Waals surface area contributed by atoms with Gasteiger partial charge in [0.05, 0.1) is 0 Å². The van der Waals surface area contributed by atoms with Crippen LogP contribution in [0.3, 0.4) is 0 Å². The Hall–Kier alpha value is -3.28. The first-order chi connectivity index (χ1) is 12.1. The van der Waals surface area contributed by atoms with Crippen molar-refractivity contribution in [3.63, 3.8) is 0 Å². The molecule has 0 spiro atoms. The van der Waals surface area contributed by atoms with Crippen molar-refractivity contribution < 1.29 is 9.18 Å². The molecule has 1 aromatic heterocycles. The van der Waals surface area contributed by atoms with Crippen LogP contribution in [0.4, 0.5) is 16.0 Å². The van der Waals surface area contributed by atoms with Gasteiger partial charge < -0.3 is 10.6 Å². The standard InChI is InChI=1S/C19H17FN4O/c1-13-6-2-4-8-15(13)19(25)22-18-11-10-17(23-24-18)21-12-14-7-3-5-9-16(14)20/h2-11H,12H2,1H3,(H,21,23)(H,22,24,25). The summed E-state index contributed by atoms with van der Waals surface area (Å²) in [6.45, 7) is 2.17. The lowest BCUT2D eigenvalue weighted by Gasteiger charge is -2.08. The zero-order valence-corrected chi connectivity index (χ0v) is 13.7. The van der Waals surface area contributed by atoms with Gasteiger partial charge in [0.25, 0.3) is 5.91 Å². The number of halogens is 1. The van der Waals surface area contributed by atoms with Gasteiger partial charge in [-0.1, -0.05) is 36.4 Å². The van der Waals surface area contributed by atoms with Gasteiger partial charge >= 0.3 is 0 Å². The van der Waals surface area contributed by atoms with E-state index in [0.29, 0.717) is 29.3 Å². The molecule has 0 aliphatic rings. The Bertz CT molecular complexity index is 881. The van der Waals surface area contributed by atoms with Crippen LogP contribution in [0.25, 0.3) is 0 Å². The van der Waals surface area contributed by atoms with Gasteiger partial charge in [0.2, 0.25) is 0 Å². The third kappa shape index (κ3) is 4.17. The van der Waals surface area contributed by atoms with Crippen LogP contribution in [0.1, 0.15) is 21.5 Å². The first-order valence-electron chi connectivity index (χ1n) is 7.81. The molecule has 6 heteroatoms. The fourth-order valence-corrected chi connectivity index (χ4v) is 2.33. The van der Waals surface area contributed by atoms with E-state index >= 15 is 0 Å². The van der Waals surface area contributed by atoms with E-state index in [4.69, 9.17) is 0 Å². The number of nitrogens with one attached hydrogen (secondary N) is 2. The minimum absolute atomic E-state index is 0.237. The molecule has 0 radical (unpaired) electrons. The summed E-state index contributed by atoms with van der Waals surface area (Å²) in [4.78, 5) is 12.2. The number of rotatable bonds is 5. The molecule has 0 saturated heterocycles. The molecule has 2 N–H and O–H groups in total. The fourth-order valence-electron chi connectivity index (χ4n) is 2.33. The molecular formula is C19H17FN4O. The van der Waals surface area contributed by atoms with Crippen molar-refractivity contribution in [1.29, 1.82) is 0 Å². The lowest BCUT2D eigenvalue weighted by Crippen LogP contribution is -2.15. The Morgan fingerprint density at radius 2 is 1.64 bits per heavy atom. The minimum Gasteiger partial charge on any atom is -0.364 e. The second kappa shape index (κ2) is 7.53. The molecule has 3 aromatic rings. The van der Waals surface area contributed by atoms with Crippen LogP contribution in [0.15, 0.2) is 60.7 Å². The molecule has 0 fully saturated rings. The maximum absolute atomic E-state index is 13.6. The van der Waals surface area contributed by atoms with Gasteiger partial charge in [-0.05, 0) is 36.8 Å². The van der Waals surface area contributed by atoms with Crippen LogP contribution in [0.2, 0.25) is 0 Å². The number of amides is 1. The highest BCUT2D eigenvalue weighted by Crippen LogP contribution is 2.13. The van der Waals surface area contributed by atoms with Gasteiger partial charge in [0, 0.05) is 17.7 Å². The summed E-state index contributed by atoms with van der Waals surface area (Å²) in [5.74, 6) is 0.339. The fraction of sp³-hybridized carbons (Fsp3) is 0.105. The van der Waals surface area contributed by atoms with Crippen molar-refractivity contribution in [2.45, 2.75) is 13.5 Å². The molecule has 0 aliphatic carbocycles. The summed E-state index contributed by atoms with van der Waals surface area (Å²) in [5.41, 5.74) is 2.02. The number of anilines is 2. The summed E-state index contributed by atoms with van der Waals surface area (Å²) in [6, 6.07) is 17.2. The lowest BCUT2D eigenvalue weighted by molar-refractivity contribution is 0.102. The number of aryl methyl sites for hydroxylation is 1. The second-order valence-corrected chi connectivity index (χ2v) is 5.52. The molecule has 0 bridgehead atoms. The van der Waals surface area contributed by atoms with Gasteiger partial charge in [0.15, 0.2) is 5.82 Å². The molecular weight excluding hydrogens is 319 g/mol. The largest absolute Gasteiger partial charge is 0.364 e. The van der Waals surface area contributed by atoms with Crippen LogP contribution < -0.4 is 10.6 Å². The van der Waals surface area contributed by atoms with Gasteiger partial charge in [-0.2, -0.15) is 0 Å². The number of benzene rings is 2. The van der Waals surface area contributed by atoms with Crippen LogP contribution in [0.5, 0.6) is 0 Å². The zero-order chi connectivity index (χ0) is 17.6. The predicted octanol–water partition coefficient (Wildman–Crippen LogP) is 3.79. The van der Waals surface area contributed by atoms with E-state index in [-0.39, 0.29) is 11.7 Å². The Balaban J connectivity index is 1.62. The molecule has 1 heterocycles. The monoisotopic (exact) mass is 336 g/mol. The van der Waals surface area contributed by atoms with Crippen LogP contribution in [-0.4, -0.2) is 16.1 Å². The van der Waals surface area contributed by atoms with E-state index in [0.717, 1.165) is 5.56 Å². The number of nitrogens with zero attached hydrogens (tertiary/aromatic N) is 2. The van der Waals surface area contributed by atoms with Crippen molar-refractivity contribution in [3.05, 3.63) is 83.2 Å². The third-order valence-electron chi connectivity index (χ3n) is 3.71. The Kier molecular flexibility index (Phi) is 4.99. The lowest BCUT2D eigenvalue weighted by atomic mass is 10.1. The van der Waals surface area contributed by atoms with E-state index < -0.39 is 0 Å². The molecule has 126 valence electrons. The second-order valence-electron chi connectivity index (χ2n) is 5.52. The highest BCUT2D eigenvalue weighted by atomic mass is 19.1. The van der Waals surface area contributed by atoms with Crippen molar-refractivity contribution >= 4 is 17.5 Å². The molecule has 5 nitrogen and oxygen atoms in total. The molecule has 1 amide bonds. The van der Waals surface area contributed by atoms with E-state index in [9.17, 15) is 9.18 Å². The predicted molar refractivity (Wildman–Crippen MR) is 94.9 cm³/mol. The van der Waals surface area contributed by atoms with Gasteiger partial charge in [0.1, 0.15) is 11.6 Å². The topological polar surface area (TPSA) is 66.9 Å². The average Bonchev–Trinajstić information content (AvgIpc) is 2.62. The molecule has 0 atom stereocenters. The summed E-state index contributed by atoms with van der Waals surface area (Å²) in [5, 5.41) is 13.7. The highest BCUT2D eigenvalue weighted by molar-refractivity contribution is 6.04. The number of carbonyl (C=O) groups excluding carboxylic acids is 1. The van der Waals surface area contributed by atoms with Crippen molar-refractivity contribution in [1.82, 2.24) is 10.2 Å². The van der Waals surface area contributed by atoms with Crippen molar-refractivity contribution in [3.8, 4) is 0 Å². The SMILES string of the molecule is Cc1ccccc1C(=O)Nc1ccc(NCc2ccccc2F)nn1. The summed E-state index contributed by atoms with van der Waals surface area (Å²) >= 11 is 0. The maximum atomic E-state index is 13.6. The molecule has 0 aliphatic heterocycles.